The monoisotopic (exact) mass is 301 g/mol. The molecule has 0 aliphatic rings. The summed E-state index contributed by atoms with van der Waals surface area (Å²) >= 11 is 13.3. The van der Waals surface area contributed by atoms with Gasteiger partial charge in [0, 0.05) is 21.8 Å². The van der Waals surface area contributed by atoms with Crippen molar-refractivity contribution in [3.8, 4) is 6.19 Å². The second-order valence-electron chi connectivity index (χ2n) is 3.79. The van der Waals surface area contributed by atoms with Gasteiger partial charge in [0.25, 0.3) is 0 Å². The van der Waals surface area contributed by atoms with Gasteiger partial charge in [0.1, 0.15) is 0 Å². The van der Waals surface area contributed by atoms with Gasteiger partial charge in [-0.3, -0.25) is 10.3 Å². The van der Waals surface area contributed by atoms with Crippen molar-refractivity contribution in [3.63, 3.8) is 0 Å². The number of nitrogens with one attached hydrogen (secondary N) is 1. The average molecular weight is 302 g/mol. The van der Waals surface area contributed by atoms with E-state index in [1.54, 1.807) is 12.1 Å². The molecule has 18 heavy (non-hydrogen) atoms. The van der Waals surface area contributed by atoms with Gasteiger partial charge in [-0.25, -0.2) is 0 Å². The SMILES string of the molecule is CC(C)N=C(NC#N)SCc1ccc(Cl)cc1Cl. The molecule has 0 unspecified atom stereocenters. The fraction of sp³-hybridized carbons (Fsp3) is 0.333. The fourth-order valence-electron chi connectivity index (χ4n) is 1.17. The molecule has 0 heterocycles. The van der Waals surface area contributed by atoms with Crippen LogP contribution in [0.1, 0.15) is 19.4 Å². The molecule has 0 saturated heterocycles. The molecule has 1 aromatic carbocycles. The molecule has 0 saturated carbocycles. The molecule has 1 N–H and O–H groups in total. The van der Waals surface area contributed by atoms with E-state index in [0.717, 1.165) is 5.56 Å². The molecule has 96 valence electrons. The van der Waals surface area contributed by atoms with Gasteiger partial charge >= 0.3 is 0 Å². The molecule has 6 heteroatoms. The number of thioether (sulfide) groups is 1. The Morgan fingerprint density at radius 1 is 1.50 bits per heavy atom. The molecule has 3 nitrogen and oxygen atoms in total. The molecule has 0 radical (unpaired) electrons. The van der Waals surface area contributed by atoms with Crippen LogP contribution in [-0.2, 0) is 5.75 Å². The lowest BCUT2D eigenvalue weighted by atomic mass is 10.2. The van der Waals surface area contributed by atoms with Crippen molar-refractivity contribution in [1.29, 1.82) is 5.26 Å². The van der Waals surface area contributed by atoms with Crippen LogP contribution in [0.5, 0.6) is 0 Å². The minimum Gasteiger partial charge on any atom is -0.272 e. The number of benzene rings is 1. The summed E-state index contributed by atoms with van der Waals surface area (Å²) in [5.74, 6) is 0.635. The average Bonchev–Trinajstić information content (AvgIpc) is 2.27. The predicted molar refractivity (Wildman–Crippen MR) is 79.1 cm³/mol. The summed E-state index contributed by atoms with van der Waals surface area (Å²) in [5.41, 5.74) is 0.960. The van der Waals surface area contributed by atoms with E-state index < -0.39 is 0 Å². The van der Waals surface area contributed by atoms with Crippen LogP contribution in [-0.4, -0.2) is 11.2 Å². The van der Waals surface area contributed by atoms with Crippen molar-refractivity contribution in [2.75, 3.05) is 0 Å². The number of hydrogen-bond acceptors (Lipinski definition) is 3. The van der Waals surface area contributed by atoms with Crippen molar-refractivity contribution in [2.24, 2.45) is 4.99 Å². The maximum atomic E-state index is 8.64. The normalized spacial score (nSPS) is 11.4. The summed E-state index contributed by atoms with van der Waals surface area (Å²) in [5, 5.41) is 13.0. The van der Waals surface area contributed by atoms with Crippen LogP contribution in [0.15, 0.2) is 23.2 Å². The number of hydrogen-bond donors (Lipinski definition) is 1. The van der Waals surface area contributed by atoms with Crippen molar-refractivity contribution in [1.82, 2.24) is 5.32 Å². The molecule has 0 fully saturated rings. The molecule has 0 atom stereocenters. The zero-order valence-corrected chi connectivity index (χ0v) is 12.4. The van der Waals surface area contributed by atoms with E-state index in [1.165, 1.54) is 11.8 Å². The quantitative estimate of drug-likeness (QED) is 0.396. The standard InChI is InChI=1S/C12H13Cl2N3S/c1-8(2)17-12(16-7-15)18-6-9-3-4-10(13)5-11(9)14/h3-5,8H,6H2,1-2H3,(H,16,17). The third-order valence-electron chi connectivity index (χ3n) is 1.92. The van der Waals surface area contributed by atoms with E-state index in [9.17, 15) is 0 Å². The first-order chi connectivity index (χ1) is 8.52. The molecule has 1 rings (SSSR count). The summed E-state index contributed by atoms with van der Waals surface area (Å²) in [6.07, 6.45) is 1.88. The molecule has 0 aliphatic carbocycles. The van der Waals surface area contributed by atoms with E-state index in [1.807, 2.05) is 26.1 Å². The number of nitriles is 1. The van der Waals surface area contributed by atoms with Gasteiger partial charge in [-0.05, 0) is 31.5 Å². The number of amidine groups is 1. The smallest absolute Gasteiger partial charge is 0.183 e. The molecule has 0 spiro atoms. The van der Waals surface area contributed by atoms with E-state index in [0.29, 0.717) is 21.0 Å². The maximum absolute atomic E-state index is 8.64. The maximum Gasteiger partial charge on any atom is 0.183 e. The Bertz CT molecular complexity index is 481. The molecular weight excluding hydrogens is 289 g/mol. The Balaban J connectivity index is 2.70. The number of nitrogens with zero attached hydrogens (tertiary/aromatic N) is 2. The van der Waals surface area contributed by atoms with Crippen molar-refractivity contribution < 1.29 is 0 Å². The Kier molecular flexibility index (Phi) is 6.34. The van der Waals surface area contributed by atoms with Crippen LogP contribution in [0.3, 0.4) is 0 Å². The van der Waals surface area contributed by atoms with Gasteiger partial charge in [0.15, 0.2) is 11.4 Å². The lowest BCUT2D eigenvalue weighted by Gasteiger charge is -2.07. The Labute approximate surface area is 121 Å². The molecule has 0 aliphatic heterocycles. The van der Waals surface area contributed by atoms with E-state index in [2.05, 4.69) is 10.3 Å². The lowest BCUT2D eigenvalue weighted by molar-refractivity contribution is 0.834. The minimum absolute atomic E-state index is 0.133. The third kappa shape index (κ3) is 5.18. The van der Waals surface area contributed by atoms with Crippen LogP contribution in [0.25, 0.3) is 0 Å². The highest BCUT2D eigenvalue weighted by Crippen LogP contribution is 2.25. The van der Waals surface area contributed by atoms with Gasteiger partial charge in [-0.15, -0.1) is 0 Å². The van der Waals surface area contributed by atoms with Crippen LogP contribution < -0.4 is 5.32 Å². The second kappa shape index (κ2) is 7.52. The van der Waals surface area contributed by atoms with Crippen LogP contribution in [0, 0.1) is 11.5 Å². The Morgan fingerprint density at radius 3 is 2.78 bits per heavy atom. The van der Waals surface area contributed by atoms with Gasteiger partial charge in [-0.2, -0.15) is 5.26 Å². The minimum atomic E-state index is 0.133. The topological polar surface area (TPSA) is 48.2 Å². The third-order valence-corrected chi connectivity index (χ3v) is 3.44. The number of aliphatic imine (C=N–C) groups is 1. The Morgan fingerprint density at radius 2 is 2.22 bits per heavy atom. The summed E-state index contributed by atoms with van der Waals surface area (Å²) in [4.78, 5) is 4.31. The molecular formula is C12H13Cl2N3S. The number of rotatable bonds is 3. The van der Waals surface area contributed by atoms with Gasteiger partial charge in [0.05, 0.1) is 0 Å². The first-order valence-corrected chi connectivity index (χ1v) is 7.06. The first-order valence-electron chi connectivity index (χ1n) is 5.32. The summed E-state index contributed by atoms with van der Waals surface area (Å²) in [6, 6.07) is 5.50. The first kappa shape index (κ1) is 15.2. The van der Waals surface area contributed by atoms with Gasteiger partial charge in [-0.1, -0.05) is 41.0 Å². The summed E-state index contributed by atoms with van der Waals surface area (Å²) in [6.45, 7) is 3.91. The van der Waals surface area contributed by atoms with Crippen molar-refractivity contribution in [3.05, 3.63) is 33.8 Å². The zero-order chi connectivity index (χ0) is 13.5. The number of halogens is 2. The molecule has 0 bridgehead atoms. The van der Waals surface area contributed by atoms with E-state index in [4.69, 9.17) is 28.5 Å². The molecule has 1 aromatic rings. The summed E-state index contributed by atoms with van der Waals surface area (Å²) in [7, 11) is 0. The second-order valence-corrected chi connectivity index (χ2v) is 5.60. The highest BCUT2D eigenvalue weighted by Gasteiger charge is 2.05. The largest absolute Gasteiger partial charge is 0.272 e. The van der Waals surface area contributed by atoms with Gasteiger partial charge < -0.3 is 0 Å². The highest BCUT2D eigenvalue weighted by atomic mass is 35.5. The van der Waals surface area contributed by atoms with Crippen molar-refractivity contribution in [2.45, 2.75) is 25.6 Å². The van der Waals surface area contributed by atoms with E-state index >= 15 is 0 Å². The Hall–Kier alpha value is -0.890. The molecule has 0 amide bonds. The van der Waals surface area contributed by atoms with Crippen LogP contribution >= 0.6 is 35.0 Å². The van der Waals surface area contributed by atoms with Gasteiger partial charge in [0.2, 0.25) is 0 Å². The fourth-order valence-corrected chi connectivity index (χ4v) is 2.67. The van der Waals surface area contributed by atoms with Crippen LogP contribution in [0.2, 0.25) is 10.0 Å². The van der Waals surface area contributed by atoms with Crippen LogP contribution in [0.4, 0.5) is 0 Å². The highest BCUT2D eigenvalue weighted by molar-refractivity contribution is 8.13. The van der Waals surface area contributed by atoms with Crippen molar-refractivity contribution >= 4 is 40.1 Å². The zero-order valence-electron chi connectivity index (χ0n) is 10.1. The predicted octanol–water partition coefficient (Wildman–Crippen LogP) is 4.06. The lowest BCUT2D eigenvalue weighted by Crippen LogP contribution is -2.16. The summed E-state index contributed by atoms with van der Waals surface area (Å²) < 4.78 is 0. The van der Waals surface area contributed by atoms with E-state index in [-0.39, 0.29) is 6.04 Å². The molecule has 0 aromatic heterocycles.